The number of hydrogen-bond donors (Lipinski definition) is 1. The van der Waals surface area contributed by atoms with Crippen LogP contribution in [0.5, 0.6) is 0 Å². The monoisotopic (exact) mass is 405 g/mol. The molecule has 5 aromatic carbocycles. The predicted molar refractivity (Wildman–Crippen MR) is 133 cm³/mol. The number of hydrogen-bond acceptors (Lipinski definition) is 1. The second-order valence-electron chi connectivity index (χ2n) is 7.53. The third-order valence-corrected chi connectivity index (χ3v) is 8.15. The molecule has 146 valence electrons. The van der Waals surface area contributed by atoms with E-state index in [0.717, 1.165) is 6.54 Å². The van der Waals surface area contributed by atoms with E-state index in [2.05, 4.69) is 115 Å². The Labute approximate surface area is 179 Å². The zero-order valence-electron chi connectivity index (χ0n) is 17.0. The Balaban J connectivity index is 1.78. The van der Waals surface area contributed by atoms with Crippen LogP contribution in [0.1, 0.15) is 5.56 Å². The highest BCUT2D eigenvalue weighted by Gasteiger charge is 2.20. The number of nitrogens with one attached hydrogen (secondary N) is 1. The maximum absolute atomic E-state index is 3.25. The normalized spacial score (nSPS) is 11.4. The van der Waals surface area contributed by atoms with Gasteiger partial charge in [0, 0.05) is 6.54 Å². The number of rotatable bonds is 5. The van der Waals surface area contributed by atoms with Gasteiger partial charge in [0.2, 0.25) is 0 Å². The van der Waals surface area contributed by atoms with E-state index >= 15 is 0 Å². The van der Waals surface area contributed by atoms with Gasteiger partial charge in [-0.3, -0.25) is 0 Å². The largest absolute Gasteiger partial charge is 0.316 e. The Morgan fingerprint density at radius 3 is 1.60 bits per heavy atom. The minimum absolute atomic E-state index is 0.688. The summed E-state index contributed by atoms with van der Waals surface area (Å²) >= 11 is 0. The van der Waals surface area contributed by atoms with Crippen molar-refractivity contribution in [1.29, 1.82) is 0 Å². The van der Waals surface area contributed by atoms with Gasteiger partial charge in [-0.2, -0.15) is 0 Å². The van der Waals surface area contributed by atoms with Crippen molar-refractivity contribution >= 4 is 45.4 Å². The molecule has 0 atom stereocenters. The number of fused-ring (bicyclic) bond motifs is 2. The highest BCUT2D eigenvalue weighted by Crippen LogP contribution is 2.38. The maximum Gasteiger partial charge on any atom is 0.0202 e. The van der Waals surface area contributed by atoms with E-state index in [1.54, 1.807) is 0 Å². The molecule has 0 aliphatic rings. The molecular formula is C28H24NP. The average Bonchev–Trinajstić information content (AvgIpc) is 2.81. The standard InChI is InChI=1S/C28H24NP/c1-29-20-21-16-18-24(19-17-21)30(27-14-6-10-22-8-2-4-12-25(22)27)28-15-7-11-23-9-3-5-13-26(23)28/h2-19,29H,20H2,1H3. The van der Waals surface area contributed by atoms with Crippen molar-refractivity contribution in [3.8, 4) is 0 Å². The van der Waals surface area contributed by atoms with Crippen molar-refractivity contribution in [1.82, 2.24) is 5.32 Å². The molecule has 2 heteroatoms. The highest BCUT2D eigenvalue weighted by molar-refractivity contribution is 7.80. The Morgan fingerprint density at radius 2 is 1.07 bits per heavy atom. The van der Waals surface area contributed by atoms with Crippen LogP contribution in [0.25, 0.3) is 21.5 Å². The molecule has 0 radical (unpaired) electrons. The molecule has 30 heavy (non-hydrogen) atoms. The number of benzene rings is 5. The third kappa shape index (κ3) is 3.52. The van der Waals surface area contributed by atoms with Gasteiger partial charge < -0.3 is 5.32 Å². The lowest BCUT2D eigenvalue weighted by Crippen LogP contribution is -2.22. The molecule has 0 unspecified atom stereocenters. The Kier molecular flexibility index (Phi) is 5.32. The van der Waals surface area contributed by atoms with Crippen LogP contribution in [-0.4, -0.2) is 7.05 Å². The zero-order valence-corrected chi connectivity index (χ0v) is 17.9. The van der Waals surface area contributed by atoms with Crippen LogP contribution in [-0.2, 0) is 6.54 Å². The summed E-state index contributed by atoms with van der Waals surface area (Å²) in [4.78, 5) is 0. The molecule has 0 saturated carbocycles. The Morgan fingerprint density at radius 1 is 0.567 bits per heavy atom. The van der Waals surface area contributed by atoms with Crippen molar-refractivity contribution < 1.29 is 0 Å². The molecule has 0 spiro atoms. The summed E-state index contributed by atoms with van der Waals surface area (Å²) in [7, 11) is 1.31. The molecule has 1 nitrogen and oxygen atoms in total. The van der Waals surface area contributed by atoms with Gasteiger partial charge in [-0.1, -0.05) is 109 Å². The van der Waals surface area contributed by atoms with Crippen LogP contribution in [0.2, 0.25) is 0 Å². The van der Waals surface area contributed by atoms with Gasteiger partial charge in [0.05, 0.1) is 0 Å². The fourth-order valence-electron chi connectivity index (χ4n) is 4.18. The maximum atomic E-state index is 3.25. The fraction of sp³-hybridized carbons (Fsp3) is 0.0714. The first kappa shape index (κ1) is 19.0. The SMILES string of the molecule is CNCc1ccc(P(c2cccc3ccccc23)c2cccc3ccccc23)cc1. The average molecular weight is 405 g/mol. The van der Waals surface area contributed by atoms with Crippen LogP contribution in [0.3, 0.4) is 0 Å². The van der Waals surface area contributed by atoms with E-state index in [1.807, 2.05) is 7.05 Å². The molecule has 5 aromatic rings. The van der Waals surface area contributed by atoms with Crippen molar-refractivity contribution in [2.24, 2.45) is 0 Å². The molecule has 1 N–H and O–H groups in total. The zero-order chi connectivity index (χ0) is 20.3. The lowest BCUT2D eigenvalue weighted by atomic mass is 10.1. The predicted octanol–water partition coefficient (Wildman–Crippen LogP) is 5.47. The molecule has 0 fully saturated rings. The van der Waals surface area contributed by atoms with E-state index in [9.17, 15) is 0 Å². The van der Waals surface area contributed by atoms with E-state index in [-0.39, 0.29) is 0 Å². The molecule has 0 aromatic heterocycles. The third-order valence-electron chi connectivity index (χ3n) is 5.59. The second-order valence-corrected chi connectivity index (χ2v) is 9.68. The van der Waals surface area contributed by atoms with Gasteiger partial charge in [-0.15, -0.1) is 0 Å². The van der Waals surface area contributed by atoms with Crippen molar-refractivity contribution in [3.63, 3.8) is 0 Å². The topological polar surface area (TPSA) is 12.0 Å². The molecule has 0 amide bonds. The molecule has 0 aliphatic heterocycles. The summed E-state index contributed by atoms with van der Waals surface area (Å²) in [6.07, 6.45) is 0. The Bertz CT molecular complexity index is 1220. The second kappa shape index (κ2) is 8.40. The fourth-order valence-corrected chi connectivity index (χ4v) is 6.80. The smallest absolute Gasteiger partial charge is 0.0202 e. The van der Waals surface area contributed by atoms with E-state index < -0.39 is 7.92 Å². The molecule has 0 heterocycles. The van der Waals surface area contributed by atoms with Crippen molar-refractivity contribution in [2.45, 2.75) is 6.54 Å². The van der Waals surface area contributed by atoms with Crippen LogP contribution in [0.15, 0.2) is 109 Å². The highest BCUT2D eigenvalue weighted by atomic mass is 31.1. The first-order chi connectivity index (χ1) is 14.8. The first-order valence-electron chi connectivity index (χ1n) is 10.3. The molecule has 5 rings (SSSR count). The lowest BCUT2D eigenvalue weighted by Gasteiger charge is -2.23. The summed E-state index contributed by atoms with van der Waals surface area (Å²) < 4.78 is 0. The van der Waals surface area contributed by atoms with Crippen LogP contribution in [0, 0.1) is 0 Å². The summed E-state index contributed by atoms with van der Waals surface area (Å²) in [5.74, 6) is 0. The Hall–Kier alpha value is -2.99. The minimum atomic E-state index is -0.688. The van der Waals surface area contributed by atoms with Gasteiger partial charge in [0.1, 0.15) is 0 Å². The van der Waals surface area contributed by atoms with Gasteiger partial charge in [-0.05, 0) is 58.0 Å². The summed E-state index contributed by atoms with van der Waals surface area (Å²) in [5.41, 5.74) is 1.31. The lowest BCUT2D eigenvalue weighted by molar-refractivity contribution is 0.818. The van der Waals surface area contributed by atoms with E-state index in [1.165, 1.54) is 43.0 Å². The van der Waals surface area contributed by atoms with Crippen molar-refractivity contribution in [3.05, 3.63) is 115 Å². The van der Waals surface area contributed by atoms with E-state index in [0.29, 0.717) is 0 Å². The van der Waals surface area contributed by atoms with Crippen molar-refractivity contribution in [2.75, 3.05) is 7.05 Å². The van der Waals surface area contributed by atoms with Gasteiger partial charge in [0.25, 0.3) is 0 Å². The summed E-state index contributed by atoms with van der Waals surface area (Å²) in [6.45, 7) is 0.890. The summed E-state index contributed by atoms with van der Waals surface area (Å²) in [6, 6.07) is 40.1. The van der Waals surface area contributed by atoms with Gasteiger partial charge >= 0.3 is 0 Å². The molecule has 0 saturated heterocycles. The van der Waals surface area contributed by atoms with E-state index in [4.69, 9.17) is 0 Å². The summed E-state index contributed by atoms with van der Waals surface area (Å²) in [5, 5.41) is 12.8. The quantitative estimate of drug-likeness (QED) is 0.382. The van der Waals surface area contributed by atoms with Crippen LogP contribution < -0.4 is 21.2 Å². The van der Waals surface area contributed by atoms with Crippen LogP contribution >= 0.6 is 7.92 Å². The molecule has 0 aliphatic carbocycles. The van der Waals surface area contributed by atoms with Gasteiger partial charge in [0.15, 0.2) is 0 Å². The van der Waals surface area contributed by atoms with Gasteiger partial charge in [-0.25, -0.2) is 0 Å². The minimum Gasteiger partial charge on any atom is -0.316 e. The molecule has 0 bridgehead atoms. The van der Waals surface area contributed by atoms with Crippen LogP contribution in [0.4, 0.5) is 0 Å². The molecular weight excluding hydrogens is 381 g/mol. The first-order valence-corrected chi connectivity index (χ1v) is 11.7.